The largest absolute Gasteiger partial charge is 0.383 e. The Morgan fingerprint density at radius 3 is 2.79 bits per heavy atom. The first-order chi connectivity index (χ1) is 6.70. The molecule has 2 N–H and O–H groups in total. The highest BCUT2D eigenvalue weighted by molar-refractivity contribution is 5.82. The fraction of sp³-hybridized carbons (Fsp3) is 0.250. The second-order valence-corrected chi connectivity index (χ2v) is 3.58. The van der Waals surface area contributed by atoms with Crippen LogP contribution in [0.5, 0.6) is 0 Å². The number of nitrogens with zero attached hydrogens (tertiary/aromatic N) is 1. The number of rotatable bonds is 1. The lowest BCUT2D eigenvalue weighted by Crippen LogP contribution is -1.97. The second kappa shape index (κ2) is 3.29. The van der Waals surface area contributed by atoms with Gasteiger partial charge in [-0.3, -0.25) is 0 Å². The molecule has 14 heavy (non-hydrogen) atoms. The minimum atomic E-state index is 0.656. The molecule has 0 radical (unpaired) electrons. The summed E-state index contributed by atoms with van der Waals surface area (Å²) in [7, 11) is 0. The third-order valence-electron chi connectivity index (χ3n) is 2.46. The molecule has 0 saturated heterocycles. The Bertz CT molecular complexity index is 475. The molecule has 1 heterocycles. The maximum Gasteiger partial charge on any atom is 0.127 e. The van der Waals surface area contributed by atoms with E-state index in [1.54, 1.807) is 0 Å². The molecular formula is C12H14N2. The van der Waals surface area contributed by atoms with Gasteiger partial charge in [-0.15, -0.1) is 0 Å². The Kier molecular flexibility index (Phi) is 2.12. The highest BCUT2D eigenvalue weighted by Gasteiger charge is 2.01. The zero-order valence-corrected chi connectivity index (χ0v) is 8.54. The molecule has 2 heteroatoms. The van der Waals surface area contributed by atoms with Crippen molar-refractivity contribution in [2.75, 3.05) is 5.73 Å². The first-order valence-electron chi connectivity index (χ1n) is 4.86. The van der Waals surface area contributed by atoms with Gasteiger partial charge in [0.15, 0.2) is 0 Å². The lowest BCUT2D eigenvalue weighted by molar-refractivity contribution is 1.13. The molecule has 0 atom stereocenters. The number of hydrogen-bond donors (Lipinski definition) is 1. The van der Waals surface area contributed by atoms with E-state index in [0.717, 1.165) is 17.5 Å². The Balaban J connectivity index is 2.73. The molecule has 0 unspecified atom stereocenters. The van der Waals surface area contributed by atoms with Crippen LogP contribution < -0.4 is 5.73 Å². The Morgan fingerprint density at radius 2 is 2.07 bits per heavy atom. The molecule has 1 aromatic heterocycles. The number of aromatic nitrogens is 1. The number of benzene rings is 1. The predicted octanol–water partition coefficient (Wildman–Crippen LogP) is 2.69. The van der Waals surface area contributed by atoms with Crippen molar-refractivity contribution in [2.45, 2.75) is 20.3 Å². The molecule has 0 amide bonds. The van der Waals surface area contributed by atoms with E-state index in [4.69, 9.17) is 5.73 Å². The average molecular weight is 186 g/mol. The molecule has 0 aliphatic heterocycles. The van der Waals surface area contributed by atoms with Crippen LogP contribution in [0.25, 0.3) is 10.9 Å². The zero-order valence-electron chi connectivity index (χ0n) is 8.54. The van der Waals surface area contributed by atoms with Crippen molar-refractivity contribution in [3.8, 4) is 0 Å². The van der Waals surface area contributed by atoms with Crippen LogP contribution in [0.3, 0.4) is 0 Å². The second-order valence-electron chi connectivity index (χ2n) is 3.58. The van der Waals surface area contributed by atoms with Crippen LogP contribution in [0.15, 0.2) is 24.3 Å². The van der Waals surface area contributed by atoms with Gasteiger partial charge in [0.05, 0.1) is 5.52 Å². The van der Waals surface area contributed by atoms with Crippen LogP contribution in [0.1, 0.15) is 18.1 Å². The first-order valence-corrected chi connectivity index (χ1v) is 4.86. The highest BCUT2D eigenvalue weighted by atomic mass is 14.8. The molecule has 72 valence electrons. The fourth-order valence-electron chi connectivity index (χ4n) is 1.64. The molecule has 0 bridgehead atoms. The minimum Gasteiger partial charge on any atom is -0.383 e. The Labute approximate surface area is 83.8 Å². The fourth-order valence-corrected chi connectivity index (χ4v) is 1.64. The van der Waals surface area contributed by atoms with Crippen molar-refractivity contribution in [2.24, 2.45) is 0 Å². The number of fused-ring (bicyclic) bond motifs is 1. The Morgan fingerprint density at radius 1 is 1.29 bits per heavy atom. The number of hydrogen-bond acceptors (Lipinski definition) is 2. The smallest absolute Gasteiger partial charge is 0.127 e. The van der Waals surface area contributed by atoms with Crippen LogP contribution in [0.4, 0.5) is 5.82 Å². The lowest BCUT2D eigenvalue weighted by atomic mass is 10.1. The standard InChI is InChI=1S/C12H14N2/c1-3-9-7-10-6-8(2)4-5-11(10)14-12(9)13/h4-7H,3H2,1-2H3,(H2,13,14). The van der Waals surface area contributed by atoms with Gasteiger partial charge in [-0.1, -0.05) is 18.6 Å². The third kappa shape index (κ3) is 1.43. The summed E-state index contributed by atoms with van der Waals surface area (Å²) >= 11 is 0. The molecule has 0 saturated carbocycles. The van der Waals surface area contributed by atoms with Crippen LogP contribution in [-0.4, -0.2) is 4.98 Å². The molecular weight excluding hydrogens is 172 g/mol. The summed E-state index contributed by atoms with van der Waals surface area (Å²) in [5.74, 6) is 0.656. The number of nitrogens with two attached hydrogens (primary N) is 1. The summed E-state index contributed by atoms with van der Waals surface area (Å²) in [5, 5.41) is 1.18. The van der Waals surface area contributed by atoms with Gasteiger partial charge in [-0.05, 0) is 37.1 Å². The van der Waals surface area contributed by atoms with E-state index in [0.29, 0.717) is 5.82 Å². The van der Waals surface area contributed by atoms with Crippen molar-refractivity contribution in [3.05, 3.63) is 35.4 Å². The SMILES string of the molecule is CCc1cc2cc(C)ccc2nc1N. The van der Waals surface area contributed by atoms with Crippen molar-refractivity contribution in [1.82, 2.24) is 4.98 Å². The summed E-state index contributed by atoms with van der Waals surface area (Å²) in [6.07, 6.45) is 0.933. The molecule has 0 spiro atoms. The number of aryl methyl sites for hydroxylation is 2. The average Bonchev–Trinajstić information content (AvgIpc) is 2.17. The van der Waals surface area contributed by atoms with E-state index in [2.05, 4.69) is 37.0 Å². The molecule has 1 aromatic carbocycles. The van der Waals surface area contributed by atoms with Gasteiger partial charge in [-0.25, -0.2) is 4.98 Å². The first kappa shape index (κ1) is 9.00. The number of nitrogen functional groups attached to an aromatic ring is 1. The van der Waals surface area contributed by atoms with Gasteiger partial charge in [-0.2, -0.15) is 0 Å². The molecule has 0 fully saturated rings. The van der Waals surface area contributed by atoms with Gasteiger partial charge >= 0.3 is 0 Å². The highest BCUT2D eigenvalue weighted by Crippen LogP contribution is 2.19. The third-order valence-corrected chi connectivity index (χ3v) is 2.46. The maximum absolute atomic E-state index is 5.82. The topological polar surface area (TPSA) is 38.9 Å². The van der Waals surface area contributed by atoms with Crippen LogP contribution in [-0.2, 0) is 6.42 Å². The molecule has 2 aromatic rings. The Hall–Kier alpha value is -1.57. The van der Waals surface area contributed by atoms with Crippen molar-refractivity contribution in [3.63, 3.8) is 0 Å². The van der Waals surface area contributed by atoms with Crippen molar-refractivity contribution >= 4 is 16.7 Å². The number of anilines is 1. The summed E-state index contributed by atoms with van der Waals surface area (Å²) < 4.78 is 0. The van der Waals surface area contributed by atoms with Gasteiger partial charge in [0, 0.05) is 5.39 Å². The van der Waals surface area contributed by atoms with Gasteiger partial charge in [0.1, 0.15) is 5.82 Å². The maximum atomic E-state index is 5.82. The normalized spacial score (nSPS) is 10.7. The van der Waals surface area contributed by atoms with Gasteiger partial charge in [0.25, 0.3) is 0 Å². The van der Waals surface area contributed by atoms with Crippen LogP contribution in [0, 0.1) is 6.92 Å². The van der Waals surface area contributed by atoms with Crippen molar-refractivity contribution < 1.29 is 0 Å². The van der Waals surface area contributed by atoms with Gasteiger partial charge < -0.3 is 5.73 Å². The molecule has 2 nitrogen and oxygen atoms in total. The molecule has 0 aliphatic rings. The quantitative estimate of drug-likeness (QED) is 0.743. The van der Waals surface area contributed by atoms with Gasteiger partial charge in [0.2, 0.25) is 0 Å². The molecule has 2 rings (SSSR count). The monoisotopic (exact) mass is 186 g/mol. The van der Waals surface area contributed by atoms with E-state index < -0.39 is 0 Å². The number of pyridine rings is 1. The van der Waals surface area contributed by atoms with E-state index in [9.17, 15) is 0 Å². The van der Waals surface area contributed by atoms with Crippen LogP contribution >= 0.6 is 0 Å². The van der Waals surface area contributed by atoms with E-state index in [1.807, 2.05) is 6.07 Å². The van der Waals surface area contributed by atoms with E-state index in [1.165, 1.54) is 10.9 Å². The summed E-state index contributed by atoms with van der Waals surface area (Å²) in [6, 6.07) is 8.34. The zero-order chi connectivity index (χ0) is 10.1. The summed E-state index contributed by atoms with van der Waals surface area (Å²) in [4.78, 5) is 4.37. The predicted molar refractivity (Wildman–Crippen MR) is 60.3 cm³/mol. The summed E-state index contributed by atoms with van der Waals surface area (Å²) in [5.41, 5.74) is 9.18. The van der Waals surface area contributed by atoms with Crippen LogP contribution in [0.2, 0.25) is 0 Å². The summed E-state index contributed by atoms with van der Waals surface area (Å²) in [6.45, 7) is 4.18. The minimum absolute atomic E-state index is 0.656. The van der Waals surface area contributed by atoms with E-state index in [-0.39, 0.29) is 0 Å². The van der Waals surface area contributed by atoms with E-state index >= 15 is 0 Å². The van der Waals surface area contributed by atoms with Crippen molar-refractivity contribution in [1.29, 1.82) is 0 Å². The molecule has 0 aliphatic carbocycles. The lowest BCUT2D eigenvalue weighted by Gasteiger charge is -2.05.